The summed E-state index contributed by atoms with van der Waals surface area (Å²) in [6.07, 6.45) is 6.06. The van der Waals surface area contributed by atoms with Crippen molar-refractivity contribution in [3.8, 4) is 11.3 Å². The van der Waals surface area contributed by atoms with Gasteiger partial charge in [0.25, 0.3) is 5.91 Å². The first-order chi connectivity index (χ1) is 14.2. The topological polar surface area (TPSA) is 58.8 Å². The van der Waals surface area contributed by atoms with E-state index < -0.39 is 0 Å². The number of imidazole rings is 1. The zero-order chi connectivity index (χ0) is 19.8. The van der Waals surface area contributed by atoms with Gasteiger partial charge >= 0.3 is 0 Å². The molecule has 3 aromatic heterocycles. The normalized spacial score (nSPS) is 13.8. The molecule has 0 spiro atoms. The largest absolute Gasteiger partial charge is 0.285 e. The number of thiazole rings is 1. The van der Waals surface area contributed by atoms with E-state index in [0.717, 1.165) is 41.2 Å². The Bertz CT molecular complexity index is 1210. The average molecular weight is 425 g/mol. The van der Waals surface area contributed by atoms with Gasteiger partial charge in [-0.3, -0.25) is 9.20 Å². The summed E-state index contributed by atoms with van der Waals surface area (Å²) in [5.74, 6) is -0.529. The molecule has 0 aliphatic heterocycles. The number of aryl methyl sites for hydroxylation is 2. The lowest BCUT2D eigenvalue weighted by molar-refractivity contribution is 0.0959. The molecule has 1 amide bonds. The summed E-state index contributed by atoms with van der Waals surface area (Å²) in [4.78, 5) is 19.9. The van der Waals surface area contributed by atoms with Crippen molar-refractivity contribution < 1.29 is 9.18 Å². The van der Waals surface area contributed by atoms with Crippen LogP contribution >= 0.6 is 22.7 Å². The van der Waals surface area contributed by atoms with Crippen molar-refractivity contribution in [2.75, 3.05) is 0 Å². The highest BCUT2D eigenvalue weighted by Crippen LogP contribution is 2.34. The Kier molecular flexibility index (Phi) is 4.73. The third-order valence-corrected chi connectivity index (χ3v) is 6.98. The zero-order valence-electron chi connectivity index (χ0n) is 15.4. The van der Waals surface area contributed by atoms with Gasteiger partial charge in [0.05, 0.1) is 22.5 Å². The van der Waals surface area contributed by atoms with Crippen molar-refractivity contribution in [1.82, 2.24) is 14.8 Å². The lowest BCUT2D eigenvalue weighted by Crippen LogP contribution is -2.16. The maximum absolute atomic E-state index is 13.4. The van der Waals surface area contributed by atoms with Crippen molar-refractivity contribution in [2.45, 2.75) is 25.7 Å². The number of carbonyl (C=O) groups is 1. The number of halogens is 1. The first kappa shape index (κ1) is 18.2. The molecule has 0 radical (unpaired) electrons. The number of hydrazone groups is 1. The van der Waals surface area contributed by atoms with Crippen LogP contribution in [0.15, 0.2) is 46.9 Å². The van der Waals surface area contributed by atoms with Crippen LogP contribution in [0.4, 0.5) is 4.39 Å². The number of thiophene rings is 1. The van der Waals surface area contributed by atoms with E-state index in [1.807, 2.05) is 11.4 Å². The summed E-state index contributed by atoms with van der Waals surface area (Å²) in [5.41, 5.74) is 6.21. The number of carbonyl (C=O) groups excluding carboxylic acids is 1. The van der Waals surface area contributed by atoms with Crippen LogP contribution in [0.2, 0.25) is 0 Å². The van der Waals surface area contributed by atoms with Gasteiger partial charge in [-0.15, -0.1) is 22.7 Å². The lowest BCUT2D eigenvalue weighted by atomic mass is 10.0. The fourth-order valence-corrected chi connectivity index (χ4v) is 5.44. The quantitative estimate of drug-likeness (QED) is 0.374. The number of nitrogens with one attached hydrogen (secondary N) is 1. The van der Waals surface area contributed by atoms with Crippen LogP contribution in [0.5, 0.6) is 0 Å². The molecule has 29 heavy (non-hydrogen) atoms. The molecule has 4 aromatic rings. The lowest BCUT2D eigenvalue weighted by Gasteiger charge is -2.11. The maximum Gasteiger partial charge on any atom is 0.281 e. The Morgan fingerprint density at radius 2 is 2.03 bits per heavy atom. The second-order valence-corrected chi connectivity index (χ2v) is 8.84. The van der Waals surface area contributed by atoms with Gasteiger partial charge in [-0.05, 0) is 61.4 Å². The molecule has 8 heteroatoms. The molecule has 0 bridgehead atoms. The van der Waals surface area contributed by atoms with E-state index in [1.165, 1.54) is 40.5 Å². The van der Waals surface area contributed by atoms with Gasteiger partial charge in [0.1, 0.15) is 5.82 Å². The fourth-order valence-electron chi connectivity index (χ4n) is 3.61. The minimum Gasteiger partial charge on any atom is -0.285 e. The van der Waals surface area contributed by atoms with Crippen LogP contribution < -0.4 is 5.43 Å². The second-order valence-electron chi connectivity index (χ2n) is 6.83. The Balaban J connectivity index is 1.57. The van der Waals surface area contributed by atoms with Crippen molar-refractivity contribution >= 4 is 39.8 Å². The third kappa shape index (κ3) is 3.38. The second kappa shape index (κ2) is 7.53. The van der Waals surface area contributed by atoms with E-state index in [4.69, 9.17) is 4.98 Å². The molecule has 5 nitrogen and oxygen atoms in total. The minimum atomic E-state index is -0.287. The first-order valence-electron chi connectivity index (χ1n) is 9.36. The number of fused-ring (bicyclic) bond motifs is 3. The number of hydrogen-bond acceptors (Lipinski definition) is 5. The van der Waals surface area contributed by atoms with Gasteiger partial charge in [0, 0.05) is 16.1 Å². The summed E-state index contributed by atoms with van der Waals surface area (Å²) in [5, 5.41) is 6.05. The molecular weight excluding hydrogens is 407 g/mol. The molecule has 1 aliphatic carbocycles. The number of rotatable bonds is 4. The van der Waals surface area contributed by atoms with Gasteiger partial charge in [-0.2, -0.15) is 5.10 Å². The molecule has 5 rings (SSSR count). The number of nitrogens with zero attached hydrogens (tertiary/aromatic N) is 3. The van der Waals surface area contributed by atoms with E-state index in [1.54, 1.807) is 35.8 Å². The Labute approximate surface area is 174 Å². The Morgan fingerprint density at radius 1 is 1.21 bits per heavy atom. The maximum atomic E-state index is 13.4. The summed E-state index contributed by atoms with van der Waals surface area (Å²) in [6.45, 7) is 0. The van der Waals surface area contributed by atoms with Crippen molar-refractivity contribution in [1.29, 1.82) is 0 Å². The van der Waals surface area contributed by atoms with Crippen LogP contribution in [0, 0.1) is 5.82 Å². The fraction of sp³-hybridized carbons (Fsp3) is 0.190. The van der Waals surface area contributed by atoms with Gasteiger partial charge in [-0.1, -0.05) is 6.07 Å². The highest BCUT2D eigenvalue weighted by Gasteiger charge is 2.22. The van der Waals surface area contributed by atoms with Gasteiger partial charge in [0.2, 0.25) is 0 Å². The predicted octanol–water partition coefficient (Wildman–Crippen LogP) is 4.91. The van der Waals surface area contributed by atoms with Crippen LogP contribution in [0.25, 0.3) is 16.2 Å². The Morgan fingerprint density at radius 3 is 2.83 bits per heavy atom. The smallest absolute Gasteiger partial charge is 0.281 e. The van der Waals surface area contributed by atoms with Crippen LogP contribution in [-0.2, 0) is 12.8 Å². The van der Waals surface area contributed by atoms with Gasteiger partial charge in [0.15, 0.2) is 4.96 Å². The van der Waals surface area contributed by atoms with E-state index in [9.17, 15) is 9.18 Å². The van der Waals surface area contributed by atoms with Crippen LogP contribution in [0.1, 0.15) is 38.8 Å². The molecule has 0 saturated carbocycles. The zero-order valence-corrected chi connectivity index (χ0v) is 17.0. The van der Waals surface area contributed by atoms with E-state index >= 15 is 0 Å². The first-order valence-corrected chi connectivity index (χ1v) is 11.1. The SMILES string of the molecule is O=C(NN=Cc1c(-c2ccc(F)cc2)nc2sc3c(n12)CCCC3)c1cccs1. The summed E-state index contributed by atoms with van der Waals surface area (Å²) in [7, 11) is 0. The number of hydrogen-bond donors (Lipinski definition) is 1. The van der Waals surface area contributed by atoms with Crippen molar-refractivity contribution in [3.63, 3.8) is 0 Å². The Hall–Kier alpha value is -2.84. The number of amides is 1. The standard InChI is InChI=1S/C21H17FN4OS2/c22-14-9-7-13(8-10-14)19-16(12-23-25-20(27)18-6-3-11-28-18)26-15-4-1-2-5-17(15)29-21(26)24-19/h3,6-12H,1-2,4-5H2,(H,25,27). The minimum absolute atomic E-state index is 0.243. The van der Waals surface area contributed by atoms with E-state index in [0.29, 0.717) is 4.88 Å². The molecule has 0 saturated heterocycles. The molecule has 1 N–H and O–H groups in total. The number of aromatic nitrogens is 2. The molecule has 1 aromatic carbocycles. The monoisotopic (exact) mass is 424 g/mol. The van der Waals surface area contributed by atoms with Gasteiger partial charge < -0.3 is 0 Å². The van der Waals surface area contributed by atoms with E-state index in [2.05, 4.69) is 14.9 Å². The third-order valence-electron chi connectivity index (χ3n) is 4.97. The average Bonchev–Trinajstić information content (AvgIpc) is 3.45. The van der Waals surface area contributed by atoms with E-state index in [-0.39, 0.29) is 11.7 Å². The van der Waals surface area contributed by atoms with Crippen LogP contribution in [0.3, 0.4) is 0 Å². The molecule has 1 aliphatic rings. The van der Waals surface area contributed by atoms with Gasteiger partial charge in [-0.25, -0.2) is 14.8 Å². The molecule has 0 fully saturated rings. The summed E-state index contributed by atoms with van der Waals surface area (Å²) < 4.78 is 15.5. The number of benzene rings is 1. The van der Waals surface area contributed by atoms with Crippen LogP contribution in [-0.4, -0.2) is 21.5 Å². The molecule has 0 atom stereocenters. The highest BCUT2D eigenvalue weighted by atomic mass is 32.1. The summed E-state index contributed by atoms with van der Waals surface area (Å²) in [6, 6.07) is 9.88. The highest BCUT2D eigenvalue weighted by molar-refractivity contribution is 7.17. The molecule has 3 heterocycles. The molecule has 146 valence electrons. The van der Waals surface area contributed by atoms with Crippen molar-refractivity contribution in [3.05, 3.63) is 68.7 Å². The van der Waals surface area contributed by atoms with Crippen molar-refractivity contribution in [2.24, 2.45) is 5.10 Å². The summed E-state index contributed by atoms with van der Waals surface area (Å²) >= 11 is 3.07. The molecule has 0 unspecified atom stereocenters. The molecular formula is C21H17FN4OS2. The predicted molar refractivity (Wildman–Crippen MR) is 114 cm³/mol.